The highest BCUT2D eigenvalue weighted by Gasteiger charge is 2.19. The fourth-order valence-corrected chi connectivity index (χ4v) is 3.88. The highest BCUT2D eigenvalue weighted by molar-refractivity contribution is 6.32. The second-order valence-electron chi connectivity index (χ2n) is 7.24. The largest absolute Gasteiger partial charge is 0.468 e. The number of amides is 1. The van der Waals surface area contributed by atoms with Crippen molar-refractivity contribution in [1.29, 1.82) is 0 Å². The van der Waals surface area contributed by atoms with Crippen LogP contribution in [-0.2, 0) is 6.54 Å². The molecule has 3 aromatic carbocycles. The number of rotatable bonds is 7. The normalized spacial score (nSPS) is 12.0. The SMILES string of the molecule is C[C@H](NC(=O)c1cc(Cl)cc2nnn(Cc3cccc(Cl)c3)c12)c1ccc(OCO)cc1.[HH]. The monoisotopic (exact) mass is 472 g/mol. The van der Waals surface area contributed by atoms with Gasteiger partial charge in [-0.25, -0.2) is 4.68 Å². The van der Waals surface area contributed by atoms with Crippen LogP contribution in [0.5, 0.6) is 5.75 Å². The van der Waals surface area contributed by atoms with E-state index in [-0.39, 0.29) is 13.4 Å². The Bertz CT molecular complexity index is 1260. The molecule has 4 rings (SSSR count). The predicted octanol–water partition coefficient (Wildman–Crippen LogP) is 4.85. The van der Waals surface area contributed by atoms with Crippen LogP contribution in [0.25, 0.3) is 11.0 Å². The van der Waals surface area contributed by atoms with Crippen LogP contribution < -0.4 is 10.1 Å². The van der Waals surface area contributed by atoms with Crippen LogP contribution in [0, 0.1) is 0 Å². The van der Waals surface area contributed by atoms with Gasteiger partial charge in [-0.1, -0.05) is 52.7 Å². The maximum atomic E-state index is 13.2. The van der Waals surface area contributed by atoms with Gasteiger partial charge in [-0.05, 0) is 54.4 Å². The number of benzene rings is 3. The van der Waals surface area contributed by atoms with Gasteiger partial charge in [-0.2, -0.15) is 0 Å². The van der Waals surface area contributed by atoms with Crippen LogP contribution in [0.3, 0.4) is 0 Å². The van der Waals surface area contributed by atoms with Crippen molar-refractivity contribution in [1.82, 2.24) is 20.3 Å². The molecule has 4 aromatic rings. The van der Waals surface area contributed by atoms with Crippen LogP contribution in [0.1, 0.15) is 35.9 Å². The number of fused-ring (bicyclic) bond motifs is 1. The first-order valence-electron chi connectivity index (χ1n) is 9.86. The van der Waals surface area contributed by atoms with Gasteiger partial charge in [-0.3, -0.25) is 4.79 Å². The van der Waals surface area contributed by atoms with Crippen molar-refractivity contribution >= 4 is 40.1 Å². The van der Waals surface area contributed by atoms with E-state index in [4.69, 9.17) is 33.0 Å². The van der Waals surface area contributed by atoms with Gasteiger partial charge in [0.15, 0.2) is 6.79 Å². The Balaban J connectivity index is 0.00000306. The van der Waals surface area contributed by atoms with Crippen LogP contribution in [0.4, 0.5) is 0 Å². The lowest BCUT2D eigenvalue weighted by Gasteiger charge is -2.16. The predicted molar refractivity (Wildman–Crippen MR) is 125 cm³/mol. The summed E-state index contributed by atoms with van der Waals surface area (Å²) in [6, 6.07) is 17.6. The fourth-order valence-electron chi connectivity index (χ4n) is 3.46. The van der Waals surface area contributed by atoms with E-state index in [1.54, 1.807) is 35.0 Å². The third kappa shape index (κ3) is 4.85. The van der Waals surface area contributed by atoms with Crippen molar-refractivity contribution in [2.24, 2.45) is 0 Å². The standard InChI is InChI=1S/C23H20Cl2N4O3.H2/c1-14(16-5-7-19(8-6-16)32-13-30)26-23(31)20-10-18(25)11-21-22(20)29(28-27-21)12-15-3-2-4-17(24)9-15;/h2-11,14,30H,12-13H2,1H3,(H,26,31);1H/t14-;/m0./s1. The summed E-state index contributed by atoms with van der Waals surface area (Å²) in [5.41, 5.74) is 3.32. The second-order valence-corrected chi connectivity index (χ2v) is 8.11. The summed E-state index contributed by atoms with van der Waals surface area (Å²) in [6.07, 6.45) is 0. The minimum absolute atomic E-state index is 0. The molecule has 1 amide bonds. The molecule has 0 fully saturated rings. The Labute approximate surface area is 196 Å². The summed E-state index contributed by atoms with van der Waals surface area (Å²) in [7, 11) is 0. The number of ether oxygens (including phenoxy) is 1. The maximum Gasteiger partial charge on any atom is 0.254 e. The zero-order chi connectivity index (χ0) is 22.7. The molecule has 0 unspecified atom stereocenters. The van der Waals surface area contributed by atoms with Crippen LogP contribution in [-0.4, -0.2) is 32.8 Å². The average Bonchev–Trinajstić information content (AvgIpc) is 3.16. The molecule has 0 saturated carbocycles. The van der Waals surface area contributed by atoms with Crippen LogP contribution in [0.15, 0.2) is 60.7 Å². The number of nitrogens with zero attached hydrogens (tertiary/aromatic N) is 3. The summed E-state index contributed by atoms with van der Waals surface area (Å²) < 4.78 is 6.71. The van der Waals surface area contributed by atoms with Gasteiger partial charge in [0.25, 0.3) is 5.91 Å². The van der Waals surface area contributed by atoms with E-state index >= 15 is 0 Å². The number of aliphatic hydroxyl groups excluding tert-OH is 1. The van der Waals surface area contributed by atoms with E-state index in [2.05, 4.69) is 15.6 Å². The van der Waals surface area contributed by atoms with Crippen molar-refractivity contribution in [3.8, 4) is 5.75 Å². The fraction of sp³-hybridized carbons (Fsp3) is 0.174. The Morgan fingerprint density at radius 2 is 1.94 bits per heavy atom. The van der Waals surface area contributed by atoms with E-state index in [0.29, 0.717) is 38.9 Å². The number of carbonyl (C=O) groups is 1. The molecule has 9 heteroatoms. The number of hydrogen-bond acceptors (Lipinski definition) is 5. The van der Waals surface area contributed by atoms with Crippen LogP contribution >= 0.6 is 23.2 Å². The second kappa shape index (κ2) is 9.56. The van der Waals surface area contributed by atoms with Crippen molar-refractivity contribution < 1.29 is 16.1 Å². The van der Waals surface area contributed by atoms with Crippen molar-refractivity contribution in [2.45, 2.75) is 19.5 Å². The van der Waals surface area contributed by atoms with E-state index < -0.39 is 6.79 Å². The van der Waals surface area contributed by atoms with E-state index in [0.717, 1.165) is 11.1 Å². The molecule has 0 spiro atoms. The van der Waals surface area contributed by atoms with Gasteiger partial charge in [0.05, 0.1) is 18.2 Å². The molecule has 0 aliphatic rings. The molecular weight excluding hydrogens is 451 g/mol. The molecule has 1 heterocycles. The van der Waals surface area contributed by atoms with Crippen molar-refractivity contribution in [3.63, 3.8) is 0 Å². The third-order valence-corrected chi connectivity index (χ3v) is 5.45. The summed E-state index contributed by atoms with van der Waals surface area (Å²) in [5, 5.41) is 21.3. The maximum absolute atomic E-state index is 13.2. The number of nitrogens with one attached hydrogen (secondary N) is 1. The Morgan fingerprint density at radius 3 is 2.66 bits per heavy atom. The van der Waals surface area contributed by atoms with Gasteiger partial charge < -0.3 is 15.2 Å². The molecule has 0 aliphatic carbocycles. The summed E-state index contributed by atoms with van der Waals surface area (Å²) >= 11 is 12.4. The van der Waals surface area contributed by atoms with E-state index in [9.17, 15) is 4.79 Å². The smallest absolute Gasteiger partial charge is 0.254 e. The lowest BCUT2D eigenvalue weighted by Crippen LogP contribution is -2.27. The minimum Gasteiger partial charge on any atom is -0.468 e. The highest BCUT2D eigenvalue weighted by atomic mass is 35.5. The number of carbonyl (C=O) groups excluding carboxylic acids is 1. The molecule has 0 bridgehead atoms. The zero-order valence-electron chi connectivity index (χ0n) is 17.1. The number of aliphatic hydroxyl groups is 1. The first kappa shape index (κ1) is 22.1. The molecule has 0 aliphatic heterocycles. The molecule has 0 saturated heterocycles. The molecule has 0 radical (unpaired) electrons. The summed E-state index contributed by atoms with van der Waals surface area (Å²) in [5.74, 6) is 0.248. The quantitative estimate of drug-likeness (QED) is 0.375. The minimum atomic E-state index is -0.396. The molecule has 7 nitrogen and oxygen atoms in total. The van der Waals surface area contributed by atoms with E-state index in [1.807, 2.05) is 37.3 Å². The van der Waals surface area contributed by atoms with Crippen molar-refractivity contribution in [2.75, 3.05) is 6.79 Å². The lowest BCUT2D eigenvalue weighted by atomic mass is 10.1. The van der Waals surface area contributed by atoms with Crippen molar-refractivity contribution in [3.05, 3.63) is 87.4 Å². The zero-order valence-corrected chi connectivity index (χ0v) is 18.6. The molecule has 32 heavy (non-hydrogen) atoms. The van der Waals surface area contributed by atoms with Gasteiger partial charge in [0, 0.05) is 11.5 Å². The Morgan fingerprint density at radius 1 is 1.16 bits per heavy atom. The highest BCUT2D eigenvalue weighted by Crippen LogP contribution is 2.25. The topological polar surface area (TPSA) is 89.3 Å². The number of hydrogen-bond donors (Lipinski definition) is 2. The summed E-state index contributed by atoms with van der Waals surface area (Å²) in [6.45, 7) is 1.89. The Hall–Kier alpha value is -3.13. The molecule has 1 aromatic heterocycles. The lowest BCUT2D eigenvalue weighted by molar-refractivity contribution is 0.0941. The van der Waals surface area contributed by atoms with Gasteiger partial charge in [0.2, 0.25) is 0 Å². The van der Waals surface area contributed by atoms with E-state index in [1.165, 1.54) is 0 Å². The average molecular weight is 473 g/mol. The summed E-state index contributed by atoms with van der Waals surface area (Å²) in [4.78, 5) is 13.2. The number of halogens is 2. The molecule has 2 N–H and O–H groups in total. The molecule has 166 valence electrons. The Kier molecular flexibility index (Phi) is 6.60. The van der Waals surface area contributed by atoms with Gasteiger partial charge in [0.1, 0.15) is 16.8 Å². The van der Waals surface area contributed by atoms with Crippen LogP contribution in [0.2, 0.25) is 10.0 Å². The molecule has 1 atom stereocenters. The van der Waals surface area contributed by atoms with Gasteiger partial charge in [-0.15, -0.1) is 5.10 Å². The van der Waals surface area contributed by atoms with Gasteiger partial charge >= 0.3 is 0 Å². The first-order valence-corrected chi connectivity index (χ1v) is 10.6. The molecular formula is C23H22Cl2N4O3. The third-order valence-electron chi connectivity index (χ3n) is 5.00. The number of aromatic nitrogens is 3. The first-order chi connectivity index (χ1) is 15.4.